The summed E-state index contributed by atoms with van der Waals surface area (Å²) in [5.41, 5.74) is 5.74. The molecule has 1 aromatic carbocycles. The molecule has 76 valence electrons. The lowest BCUT2D eigenvalue weighted by Crippen LogP contribution is -2.12. The fourth-order valence-corrected chi connectivity index (χ4v) is 1.28. The lowest BCUT2D eigenvalue weighted by atomic mass is 10.1. The van der Waals surface area contributed by atoms with Crippen molar-refractivity contribution in [1.82, 2.24) is 0 Å². The van der Waals surface area contributed by atoms with E-state index in [0.717, 1.165) is 6.07 Å². The molecule has 0 saturated heterocycles. The molecule has 0 unspecified atom stereocenters. The average molecular weight is 217 g/mol. The minimum Gasteiger partial charge on any atom is -0.493 e. The second-order valence-electron chi connectivity index (χ2n) is 2.70. The Morgan fingerprint density at radius 2 is 2.14 bits per heavy atom. The summed E-state index contributed by atoms with van der Waals surface area (Å²) in [4.78, 5) is 0.203. The molecular weight excluding hydrogens is 208 g/mol. The fraction of sp³-hybridized carbons (Fsp3) is 0.222. The van der Waals surface area contributed by atoms with Crippen LogP contribution in [0.4, 0.5) is 8.78 Å². The van der Waals surface area contributed by atoms with Gasteiger partial charge in [0.05, 0.1) is 12.1 Å². The highest BCUT2D eigenvalue weighted by Gasteiger charge is 2.14. The van der Waals surface area contributed by atoms with Gasteiger partial charge in [-0.25, -0.2) is 4.39 Å². The van der Waals surface area contributed by atoms with Gasteiger partial charge in [0, 0.05) is 12.0 Å². The molecule has 1 rings (SSSR count). The van der Waals surface area contributed by atoms with Crippen molar-refractivity contribution in [2.75, 3.05) is 7.11 Å². The van der Waals surface area contributed by atoms with E-state index in [1.54, 1.807) is 0 Å². The van der Waals surface area contributed by atoms with Gasteiger partial charge >= 0.3 is 0 Å². The normalized spacial score (nSPS) is 9.93. The second kappa shape index (κ2) is 4.32. The molecule has 0 aliphatic rings. The maximum absolute atomic E-state index is 13.1. The van der Waals surface area contributed by atoms with Crippen molar-refractivity contribution in [3.05, 3.63) is 29.3 Å². The number of rotatable bonds is 3. The van der Waals surface area contributed by atoms with E-state index in [2.05, 4.69) is 12.2 Å². The predicted octanol–water partition coefficient (Wildman–Crippen LogP) is 1.80. The van der Waals surface area contributed by atoms with E-state index in [1.165, 1.54) is 13.2 Å². The zero-order chi connectivity index (χ0) is 10.7. The van der Waals surface area contributed by atoms with Crippen molar-refractivity contribution >= 4 is 17.2 Å². The number of thiocarbonyl (C=S) groups is 1. The molecule has 0 heterocycles. The lowest BCUT2D eigenvalue weighted by Gasteiger charge is -2.08. The monoisotopic (exact) mass is 217 g/mol. The summed E-state index contributed by atoms with van der Waals surface area (Å²) in [7, 11) is 1.26. The van der Waals surface area contributed by atoms with Crippen molar-refractivity contribution in [2.24, 2.45) is 5.73 Å². The Morgan fingerprint density at radius 3 is 2.64 bits per heavy atom. The molecule has 1 aromatic rings. The zero-order valence-electron chi connectivity index (χ0n) is 7.51. The molecule has 0 bridgehead atoms. The van der Waals surface area contributed by atoms with Crippen LogP contribution in [0.5, 0.6) is 5.75 Å². The highest BCUT2D eigenvalue weighted by Crippen LogP contribution is 2.25. The van der Waals surface area contributed by atoms with Crippen LogP contribution < -0.4 is 10.5 Å². The number of nitrogens with two attached hydrogens (primary N) is 1. The molecule has 0 fully saturated rings. The molecule has 0 radical (unpaired) electrons. The van der Waals surface area contributed by atoms with Gasteiger partial charge in [-0.15, -0.1) is 0 Å². The van der Waals surface area contributed by atoms with Crippen molar-refractivity contribution in [1.29, 1.82) is 0 Å². The largest absolute Gasteiger partial charge is 0.493 e. The maximum Gasteiger partial charge on any atom is 0.200 e. The van der Waals surface area contributed by atoms with Crippen LogP contribution in [0.2, 0.25) is 0 Å². The molecule has 5 heteroatoms. The third-order valence-electron chi connectivity index (χ3n) is 1.70. The summed E-state index contributed by atoms with van der Waals surface area (Å²) in [6.07, 6.45) is 0.190. The molecular formula is C9H9F2NOS. The first-order valence-electron chi connectivity index (χ1n) is 3.85. The SMILES string of the molecule is COc1c(CC(N)=S)ccc(F)c1F. The van der Waals surface area contributed by atoms with Gasteiger partial charge in [-0.1, -0.05) is 18.3 Å². The molecule has 0 amide bonds. The van der Waals surface area contributed by atoms with Crippen molar-refractivity contribution in [3.63, 3.8) is 0 Å². The van der Waals surface area contributed by atoms with Gasteiger partial charge in [0.2, 0.25) is 5.82 Å². The molecule has 2 nitrogen and oxygen atoms in total. The first-order valence-corrected chi connectivity index (χ1v) is 4.26. The van der Waals surface area contributed by atoms with E-state index in [4.69, 9.17) is 10.5 Å². The van der Waals surface area contributed by atoms with Crippen LogP contribution >= 0.6 is 12.2 Å². The van der Waals surface area contributed by atoms with Gasteiger partial charge in [-0.3, -0.25) is 0 Å². The molecule has 0 aliphatic heterocycles. The Morgan fingerprint density at radius 1 is 1.50 bits per heavy atom. The lowest BCUT2D eigenvalue weighted by molar-refractivity contribution is 0.368. The third kappa shape index (κ3) is 2.17. The van der Waals surface area contributed by atoms with Crippen LogP contribution in [0.3, 0.4) is 0 Å². The maximum atomic E-state index is 13.1. The summed E-state index contributed by atoms with van der Waals surface area (Å²) >= 11 is 4.67. The first-order chi connectivity index (χ1) is 6.56. The van der Waals surface area contributed by atoms with Gasteiger partial charge in [0.1, 0.15) is 0 Å². The van der Waals surface area contributed by atoms with Crippen molar-refractivity contribution in [3.8, 4) is 5.75 Å². The second-order valence-corrected chi connectivity index (χ2v) is 3.22. The Kier molecular flexibility index (Phi) is 3.35. The minimum absolute atomic E-state index is 0.141. The number of methoxy groups -OCH3 is 1. The molecule has 2 N–H and O–H groups in total. The Labute approximate surface area is 85.7 Å². The van der Waals surface area contributed by atoms with Gasteiger partial charge < -0.3 is 10.5 Å². The van der Waals surface area contributed by atoms with Crippen molar-refractivity contribution in [2.45, 2.75) is 6.42 Å². The molecule has 0 atom stereocenters. The number of ether oxygens (including phenoxy) is 1. The van der Waals surface area contributed by atoms with E-state index in [0.29, 0.717) is 5.56 Å². The fourth-order valence-electron chi connectivity index (χ4n) is 1.12. The Bertz CT molecular complexity index is 368. The first kappa shape index (κ1) is 10.8. The topological polar surface area (TPSA) is 35.2 Å². The number of benzene rings is 1. The van der Waals surface area contributed by atoms with Crippen LogP contribution in [-0.2, 0) is 6.42 Å². The highest BCUT2D eigenvalue weighted by atomic mass is 32.1. The van der Waals surface area contributed by atoms with Gasteiger partial charge in [0.25, 0.3) is 0 Å². The summed E-state index contributed by atoms with van der Waals surface area (Å²) < 4.78 is 30.6. The van der Waals surface area contributed by atoms with Gasteiger partial charge in [-0.2, -0.15) is 4.39 Å². The molecule has 0 spiro atoms. The minimum atomic E-state index is -1.01. The summed E-state index contributed by atoms with van der Waals surface area (Å²) in [5.74, 6) is -2.10. The third-order valence-corrected chi connectivity index (χ3v) is 1.84. The number of halogens is 2. The van der Waals surface area contributed by atoms with Crippen LogP contribution in [0.15, 0.2) is 12.1 Å². The van der Waals surface area contributed by atoms with Gasteiger partial charge in [-0.05, 0) is 6.07 Å². The number of hydrogen-bond acceptors (Lipinski definition) is 2. The van der Waals surface area contributed by atoms with E-state index >= 15 is 0 Å². The van der Waals surface area contributed by atoms with E-state index < -0.39 is 11.6 Å². The standard InChI is InChI=1S/C9H9F2NOS/c1-13-9-5(4-7(12)14)2-3-6(10)8(9)11/h2-3H,4H2,1H3,(H2,12,14). The van der Waals surface area contributed by atoms with E-state index in [-0.39, 0.29) is 17.2 Å². The van der Waals surface area contributed by atoms with E-state index in [1.807, 2.05) is 0 Å². The average Bonchev–Trinajstić information content (AvgIpc) is 2.11. The van der Waals surface area contributed by atoms with E-state index in [9.17, 15) is 8.78 Å². The Balaban J connectivity index is 3.17. The summed E-state index contributed by atoms with van der Waals surface area (Å²) in [6, 6.07) is 2.42. The van der Waals surface area contributed by atoms with Crippen LogP contribution in [-0.4, -0.2) is 12.1 Å². The number of hydrogen-bond donors (Lipinski definition) is 1. The zero-order valence-corrected chi connectivity index (χ0v) is 8.33. The molecule has 0 aromatic heterocycles. The smallest absolute Gasteiger partial charge is 0.200 e. The van der Waals surface area contributed by atoms with Crippen molar-refractivity contribution < 1.29 is 13.5 Å². The molecule has 0 aliphatic carbocycles. The highest BCUT2D eigenvalue weighted by molar-refractivity contribution is 7.80. The predicted molar refractivity (Wildman–Crippen MR) is 53.4 cm³/mol. The Hall–Kier alpha value is -1.23. The quantitative estimate of drug-likeness (QED) is 0.784. The summed E-state index contributed by atoms with van der Waals surface area (Å²) in [5, 5.41) is 0. The van der Waals surface area contributed by atoms with Crippen LogP contribution in [0.25, 0.3) is 0 Å². The van der Waals surface area contributed by atoms with Crippen LogP contribution in [0, 0.1) is 11.6 Å². The van der Waals surface area contributed by atoms with Crippen LogP contribution in [0.1, 0.15) is 5.56 Å². The molecule has 0 saturated carbocycles. The molecule has 14 heavy (non-hydrogen) atoms. The van der Waals surface area contributed by atoms with Gasteiger partial charge in [0.15, 0.2) is 11.6 Å². The summed E-state index contributed by atoms with van der Waals surface area (Å²) in [6.45, 7) is 0.